The van der Waals surface area contributed by atoms with Gasteiger partial charge in [-0.05, 0) is 86.8 Å². The molecule has 1 aromatic rings. The predicted molar refractivity (Wildman–Crippen MR) is 110 cm³/mol. The monoisotopic (exact) mass is 428 g/mol. The van der Waals surface area contributed by atoms with Gasteiger partial charge in [0, 0.05) is 5.54 Å². The summed E-state index contributed by atoms with van der Waals surface area (Å²) in [5.41, 5.74) is -0.311. The van der Waals surface area contributed by atoms with Gasteiger partial charge in [-0.1, -0.05) is 18.6 Å². The molecule has 5 fully saturated rings. The number of nitrogens with one attached hydrogen (secondary N) is 2. The van der Waals surface area contributed by atoms with Gasteiger partial charge in [0.25, 0.3) is 5.91 Å². The van der Waals surface area contributed by atoms with Gasteiger partial charge in [0.2, 0.25) is 0 Å². The summed E-state index contributed by atoms with van der Waals surface area (Å²) in [6.07, 6.45) is 8.87. The first kappa shape index (κ1) is 20.5. The maximum atomic E-state index is 13.2. The number of hydrogen-bond acceptors (Lipinski definition) is 4. The molecule has 2 N–H and O–H groups in total. The van der Waals surface area contributed by atoms with E-state index in [-0.39, 0.29) is 11.4 Å². The fourth-order valence-corrected chi connectivity index (χ4v) is 6.88. The second-order valence-corrected chi connectivity index (χ2v) is 10.2. The van der Waals surface area contributed by atoms with Crippen molar-refractivity contribution in [3.8, 4) is 0 Å². The minimum Gasteiger partial charge on any atom is -0.455 e. The van der Waals surface area contributed by atoms with Gasteiger partial charge in [0.1, 0.15) is 5.82 Å². The summed E-state index contributed by atoms with van der Waals surface area (Å²) in [5, 5.41) is 5.41. The molecular weight excluding hydrogens is 399 g/mol. The summed E-state index contributed by atoms with van der Waals surface area (Å²) in [5.74, 6) is 0.567. The maximum Gasteiger partial charge on any atom is 0.321 e. The normalized spacial score (nSPS) is 32.1. The highest BCUT2D eigenvalue weighted by molar-refractivity contribution is 5.96. The molecule has 0 radical (unpaired) electrons. The van der Waals surface area contributed by atoms with Gasteiger partial charge in [-0.25, -0.2) is 9.18 Å². The molecule has 1 aromatic carbocycles. The molecule has 5 aliphatic rings. The van der Waals surface area contributed by atoms with Crippen molar-refractivity contribution in [3.63, 3.8) is 0 Å². The standard InChI is InChI=1S/C24H29FN2O4/c25-19-4-2-18(3-5-19)24(6-1-7-24)21(29)31-14-20(28)26-22(30)27-23-11-15-8-16(12-23)10-17(9-15)13-23/h2-5,15-17H,1,6-14H2,(H2,26,27,28,30). The molecule has 166 valence electrons. The van der Waals surface area contributed by atoms with Crippen LogP contribution in [0.15, 0.2) is 24.3 Å². The molecule has 0 aliphatic heterocycles. The van der Waals surface area contributed by atoms with Gasteiger partial charge >= 0.3 is 12.0 Å². The zero-order valence-corrected chi connectivity index (χ0v) is 17.6. The third kappa shape index (κ3) is 3.83. The first-order chi connectivity index (χ1) is 14.9. The van der Waals surface area contributed by atoms with Crippen LogP contribution in [0.5, 0.6) is 0 Å². The van der Waals surface area contributed by atoms with Gasteiger partial charge in [0.15, 0.2) is 6.61 Å². The number of benzene rings is 1. The van der Waals surface area contributed by atoms with Crippen molar-refractivity contribution < 1.29 is 23.5 Å². The molecule has 5 aliphatic carbocycles. The number of rotatable bonds is 5. The molecule has 31 heavy (non-hydrogen) atoms. The molecule has 0 saturated heterocycles. The van der Waals surface area contributed by atoms with Crippen molar-refractivity contribution >= 4 is 17.9 Å². The lowest BCUT2D eigenvalue weighted by molar-refractivity contribution is -0.157. The van der Waals surface area contributed by atoms with Gasteiger partial charge < -0.3 is 10.1 Å². The Bertz CT molecular complexity index is 858. The van der Waals surface area contributed by atoms with Crippen molar-refractivity contribution in [2.75, 3.05) is 6.61 Å². The van der Waals surface area contributed by atoms with Crippen molar-refractivity contribution in [2.24, 2.45) is 17.8 Å². The van der Waals surface area contributed by atoms with Crippen LogP contribution in [0.2, 0.25) is 0 Å². The molecule has 7 heteroatoms. The first-order valence-electron chi connectivity index (χ1n) is 11.4. The lowest BCUT2D eigenvalue weighted by atomic mass is 9.53. The van der Waals surface area contributed by atoms with Crippen LogP contribution in [-0.4, -0.2) is 30.1 Å². The number of halogens is 1. The van der Waals surface area contributed by atoms with E-state index in [4.69, 9.17) is 4.74 Å². The summed E-state index contributed by atoms with van der Waals surface area (Å²) >= 11 is 0. The number of esters is 1. The molecule has 0 atom stereocenters. The zero-order valence-electron chi connectivity index (χ0n) is 17.6. The van der Waals surface area contributed by atoms with E-state index in [0.29, 0.717) is 36.2 Å². The topological polar surface area (TPSA) is 84.5 Å². The van der Waals surface area contributed by atoms with Crippen molar-refractivity contribution in [3.05, 3.63) is 35.6 Å². The molecule has 0 heterocycles. The van der Waals surface area contributed by atoms with Crippen LogP contribution in [0.3, 0.4) is 0 Å². The van der Waals surface area contributed by atoms with Crippen LogP contribution in [0.4, 0.5) is 9.18 Å². The van der Waals surface area contributed by atoms with Crippen LogP contribution in [0, 0.1) is 23.6 Å². The third-order valence-corrected chi connectivity index (χ3v) is 8.00. The molecule has 5 saturated carbocycles. The Balaban J connectivity index is 1.14. The lowest BCUT2D eigenvalue weighted by Crippen LogP contribution is -2.62. The fraction of sp³-hybridized carbons (Fsp3) is 0.625. The molecule has 6 nitrogen and oxygen atoms in total. The van der Waals surface area contributed by atoms with Crippen molar-refractivity contribution in [2.45, 2.75) is 68.7 Å². The molecule has 6 rings (SSSR count). The summed E-state index contributed by atoms with van der Waals surface area (Å²) in [6, 6.07) is 5.33. The Morgan fingerprint density at radius 3 is 2.06 bits per heavy atom. The van der Waals surface area contributed by atoms with Crippen LogP contribution < -0.4 is 10.6 Å². The maximum absolute atomic E-state index is 13.2. The Morgan fingerprint density at radius 2 is 1.55 bits per heavy atom. The minimum atomic E-state index is -0.824. The molecule has 0 aromatic heterocycles. The average molecular weight is 429 g/mol. The van der Waals surface area contributed by atoms with Gasteiger partial charge in [0.05, 0.1) is 5.41 Å². The van der Waals surface area contributed by atoms with E-state index in [1.54, 1.807) is 12.1 Å². The van der Waals surface area contributed by atoms with E-state index in [9.17, 15) is 18.8 Å². The number of urea groups is 1. The van der Waals surface area contributed by atoms with Crippen molar-refractivity contribution in [1.29, 1.82) is 0 Å². The van der Waals surface area contributed by atoms with Gasteiger partial charge in [-0.2, -0.15) is 0 Å². The fourth-order valence-electron chi connectivity index (χ4n) is 6.88. The SMILES string of the molecule is O=C(COC(=O)C1(c2ccc(F)cc2)CCC1)NC(=O)NC12CC3CC(CC(C3)C1)C2. The number of imide groups is 1. The first-order valence-corrected chi connectivity index (χ1v) is 11.4. The Morgan fingerprint density at radius 1 is 0.968 bits per heavy atom. The third-order valence-electron chi connectivity index (χ3n) is 8.00. The van der Waals surface area contributed by atoms with Crippen LogP contribution in [-0.2, 0) is 19.7 Å². The molecule has 3 amide bonds. The number of amides is 3. The van der Waals surface area contributed by atoms with E-state index in [1.165, 1.54) is 31.4 Å². The largest absolute Gasteiger partial charge is 0.455 e. The van der Waals surface area contributed by atoms with Crippen LogP contribution in [0.25, 0.3) is 0 Å². The van der Waals surface area contributed by atoms with E-state index < -0.39 is 29.9 Å². The Kier molecular flexibility index (Phi) is 5.02. The molecule has 0 unspecified atom stereocenters. The summed E-state index contributed by atoms with van der Waals surface area (Å²) in [4.78, 5) is 37.5. The van der Waals surface area contributed by atoms with E-state index in [0.717, 1.165) is 25.7 Å². The smallest absolute Gasteiger partial charge is 0.321 e. The van der Waals surface area contributed by atoms with Crippen molar-refractivity contribution in [1.82, 2.24) is 10.6 Å². The minimum absolute atomic E-state index is 0.186. The van der Waals surface area contributed by atoms with E-state index >= 15 is 0 Å². The highest BCUT2D eigenvalue weighted by Crippen LogP contribution is 2.55. The average Bonchev–Trinajstić information content (AvgIpc) is 2.65. The van der Waals surface area contributed by atoms with Gasteiger partial charge in [-0.3, -0.25) is 14.9 Å². The van der Waals surface area contributed by atoms with E-state index in [2.05, 4.69) is 10.6 Å². The second-order valence-electron chi connectivity index (χ2n) is 10.2. The number of carbonyl (C=O) groups excluding carboxylic acids is 3. The Labute approximate surface area is 181 Å². The Hall–Kier alpha value is -2.44. The zero-order chi connectivity index (χ0) is 21.6. The quantitative estimate of drug-likeness (QED) is 0.702. The summed E-state index contributed by atoms with van der Waals surface area (Å²) < 4.78 is 18.5. The highest BCUT2D eigenvalue weighted by Gasteiger charge is 2.51. The van der Waals surface area contributed by atoms with Crippen LogP contribution in [0.1, 0.15) is 63.4 Å². The highest BCUT2D eigenvalue weighted by atomic mass is 19.1. The number of hydrogen-bond donors (Lipinski definition) is 2. The van der Waals surface area contributed by atoms with Gasteiger partial charge in [-0.15, -0.1) is 0 Å². The second kappa shape index (κ2) is 7.61. The molecule has 0 spiro atoms. The summed E-state index contributed by atoms with van der Waals surface area (Å²) in [7, 11) is 0. The molecule has 4 bridgehead atoms. The molecular formula is C24H29FN2O4. The number of carbonyl (C=O) groups is 3. The predicted octanol–water partition coefficient (Wildman–Crippen LogP) is 3.59. The number of ether oxygens (including phenoxy) is 1. The van der Waals surface area contributed by atoms with Crippen LogP contribution >= 0.6 is 0 Å². The van der Waals surface area contributed by atoms with E-state index in [1.807, 2.05) is 0 Å². The summed E-state index contributed by atoms with van der Waals surface area (Å²) in [6.45, 7) is -0.504. The lowest BCUT2D eigenvalue weighted by Gasteiger charge is -2.56.